The molecule has 2 aliphatic rings. The number of esters is 2. The predicted octanol–water partition coefficient (Wildman–Crippen LogP) is 4.95. The summed E-state index contributed by atoms with van der Waals surface area (Å²) in [7, 11) is 0. The predicted molar refractivity (Wildman–Crippen MR) is 156 cm³/mol. The molecule has 0 spiro atoms. The second-order valence-corrected chi connectivity index (χ2v) is 10.5. The number of hydrogen-bond acceptors (Lipinski definition) is 6. The summed E-state index contributed by atoms with van der Waals surface area (Å²) in [6.45, 7) is -0.0324. The molecule has 4 aromatic carbocycles. The molecule has 0 saturated carbocycles. The van der Waals surface area contributed by atoms with E-state index in [0.717, 1.165) is 20.9 Å². The van der Waals surface area contributed by atoms with Crippen LogP contribution in [0, 0.1) is 0 Å². The summed E-state index contributed by atoms with van der Waals surface area (Å²) in [5.74, 6) is -2.97. The number of rotatable bonds is 4. The van der Waals surface area contributed by atoms with Gasteiger partial charge < -0.3 is 19.7 Å². The maximum atomic E-state index is 13.9. The lowest BCUT2D eigenvalue weighted by molar-refractivity contribution is -0.201. The van der Waals surface area contributed by atoms with Crippen LogP contribution >= 0.6 is 0 Å². The third-order valence-corrected chi connectivity index (χ3v) is 8.17. The van der Waals surface area contributed by atoms with Crippen molar-refractivity contribution >= 4 is 24.1 Å². The van der Waals surface area contributed by atoms with E-state index in [1.54, 1.807) is 97.1 Å². The highest BCUT2D eigenvalue weighted by Gasteiger charge is 2.54. The Labute approximate surface area is 252 Å². The first-order valence-electron chi connectivity index (χ1n) is 14.0. The second kappa shape index (κ2) is 11.2. The maximum absolute atomic E-state index is 13.9. The Balaban J connectivity index is 1.48. The molecule has 44 heavy (non-hydrogen) atoms. The number of carbonyl (C=O) groups is 4. The zero-order valence-corrected chi connectivity index (χ0v) is 23.5. The smallest absolute Gasteiger partial charge is 0.420 e. The molecular weight excluding hydrogens is 564 g/mol. The van der Waals surface area contributed by atoms with Gasteiger partial charge in [-0.05, 0) is 24.0 Å². The molecule has 2 amide bonds. The van der Waals surface area contributed by atoms with Crippen LogP contribution in [0.5, 0.6) is 0 Å². The van der Waals surface area contributed by atoms with Crippen LogP contribution in [0.2, 0.25) is 0 Å². The van der Waals surface area contributed by atoms with Gasteiger partial charge in [0.1, 0.15) is 0 Å². The van der Waals surface area contributed by atoms with Crippen molar-refractivity contribution in [2.45, 2.75) is 24.3 Å². The molecule has 2 unspecified atom stereocenters. The van der Waals surface area contributed by atoms with E-state index in [0.29, 0.717) is 35.1 Å². The van der Waals surface area contributed by atoms with E-state index in [9.17, 15) is 29.4 Å². The van der Waals surface area contributed by atoms with E-state index < -0.39 is 35.6 Å². The van der Waals surface area contributed by atoms with E-state index in [1.807, 2.05) is 12.1 Å². The molecule has 2 atom stereocenters. The first-order chi connectivity index (χ1) is 21.3. The van der Waals surface area contributed by atoms with Crippen molar-refractivity contribution in [3.05, 3.63) is 143 Å². The molecule has 2 N–H and O–H groups in total. The summed E-state index contributed by atoms with van der Waals surface area (Å²) in [5.41, 5.74) is -1.16. The summed E-state index contributed by atoms with van der Waals surface area (Å²) in [6.07, 6.45) is -1.99. The first kappa shape index (κ1) is 28.5. The number of carboxylic acid groups (broad SMARTS) is 2. The number of carbonyl (C=O) groups excluding carboxylic acids is 2. The van der Waals surface area contributed by atoms with E-state index in [1.165, 1.54) is 0 Å². The van der Waals surface area contributed by atoms with Gasteiger partial charge in [-0.2, -0.15) is 0 Å². The van der Waals surface area contributed by atoms with Gasteiger partial charge in [0.25, 0.3) is 0 Å². The molecular formula is C34H28N2O8. The van der Waals surface area contributed by atoms with Crippen LogP contribution in [0.1, 0.15) is 33.4 Å². The number of amides is 2. The molecule has 0 fully saturated rings. The van der Waals surface area contributed by atoms with Gasteiger partial charge in [0.2, 0.25) is 11.4 Å². The van der Waals surface area contributed by atoms with Crippen LogP contribution < -0.4 is 0 Å². The largest absolute Gasteiger partial charge is 0.465 e. The molecule has 0 aliphatic carbocycles. The van der Waals surface area contributed by atoms with E-state index in [4.69, 9.17) is 9.47 Å². The van der Waals surface area contributed by atoms with Gasteiger partial charge in [-0.15, -0.1) is 0 Å². The van der Waals surface area contributed by atoms with Crippen molar-refractivity contribution in [2.24, 2.45) is 0 Å². The Morgan fingerprint density at radius 3 is 1.23 bits per heavy atom. The van der Waals surface area contributed by atoms with Crippen LogP contribution in [0.3, 0.4) is 0 Å². The van der Waals surface area contributed by atoms with Crippen molar-refractivity contribution in [3.63, 3.8) is 0 Å². The zero-order valence-electron chi connectivity index (χ0n) is 23.5. The topological polar surface area (TPSA) is 134 Å². The van der Waals surface area contributed by atoms with Gasteiger partial charge in [-0.1, -0.05) is 109 Å². The Morgan fingerprint density at radius 2 is 0.864 bits per heavy atom. The summed E-state index contributed by atoms with van der Waals surface area (Å²) < 4.78 is 12.0. The zero-order chi connectivity index (χ0) is 30.9. The second-order valence-electron chi connectivity index (χ2n) is 10.5. The minimum absolute atomic E-state index is 0.0162. The third kappa shape index (κ3) is 4.51. The monoisotopic (exact) mass is 592 g/mol. The number of benzene rings is 4. The minimum atomic E-state index is -2.02. The Hall–Kier alpha value is -5.64. The Kier molecular flexibility index (Phi) is 7.26. The van der Waals surface area contributed by atoms with Crippen LogP contribution in [0.25, 0.3) is 0 Å². The van der Waals surface area contributed by atoms with Gasteiger partial charge >= 0.3 is 24.1 Å². The van der Waals surface area contributed by atoms with Gasteiger partial charge in [-0.25, -0.2) is 19.2 Å². The Bertz CT molecular complexity index is 1620. The molecule has 4 aromatic rings. The van der Waals surface area contributed by atoms with Crippen molar-refractivity contribution in [3.8, 4) is 0 Å². The average molecular weight is 593 g/mol. The Morgan fingerprint density at radius 1 is 0.523 bits per heavy atom. The number of ether oxygens (including phenoxy) is 2. The minimum Gasteiger partial charge on any atom is -0.465 e. The molecule has 2 heterocycles. The van der Waals surface area contributed by atoms with Gasteiger partial charge in [0, 0.05) is 35.3 Å². The fraction of sp³-hybridized carbons (Fsp3) is 0.176. The van der Waals surface area contributed by atoms with Crippen molar-refractivity contribution in [1.82, 2.24) is 9.80 Å². The highest BCUT2D eigenvalue weighted by atomic mass is 16.6. The highest BCUT2D eigenvalue weighted by Crippen LogP contribution is 2.45. The number of hydrogen-bond donors (Lipinski definition) is 2. The van der Waals surface area contributed by atoms with Crippen molar-refractivity contribution in [2.75, 3.05) is 13.1 Å². The number of fused-ring (bicyclic) bond motifs is 2. The molecule has 0 bridgehead atoms. The van der Waals surface area contributed by atoms with Crippen LogP contribution in [0.15, 0.2) is 109 Å². The fourth-order valence-corrected chi connectivity index (χ4v) is 6.31. The summed E-state index contributed by atoms with van der Waals surface area (Å²) >= 11 is 0. The van der Waals surface area contributed by atoms with E-state index in [2.05, 4.69) is 0 Å². The maximum Gasteiger partial charge on any atom is 0.420 e. The van der Waals surface area contributed by atoms with Gasteiger partial charge in [0.05, 0.1) is 0 Å². The lowest BCUT2D eigenvalue weighted by atomic mass is 9.84. The standard InChI is InChI=1S/C34H28N2O8/c37-29(43-33(25-13-3-1-4-14-25)27-17-9-7-11-23(27)19-21-35(33)31(39)40)30(38)44-34(26-15-5-2-6-16-26)28-18-10-8-12-24(28)20-22-36(34)32(41)42/h1-18H,19-22H2,(H,39,40)(H,41,42). The summed E-state index contributed by atoms with van der Waals surface area (Å²) in [6, 6.07) is 30.6. The molecule has 10 nitrogen and oxygen atoms in total. The molecule has 6 rings (SSSR count). The number of nitrogens with zero attached hydrogens (tertiary/aromatic N) is 2. The van der Waals surface area contributed by atoms with Gasteiger partial charge in [-0.3, -0.25) is 9.80 Å². The van der Waals surface area contributed by atoms with Crippen molar-refractivity contribution < 1.29 is 38.9 Å². The molecule has 2 aliphatic heterocycles. The molecule has 222 valence electrons. The summed E-state index contributed by atoms with van der Waals surface area (Å²) in [5, 5.41) is 20.6. The quantitative estimate of drug-likeness (QED) is 0.251. The van der Waals surface area contributed by atoms with Crippen LogP contribution in [-0.2, 0) is 43.4 Å². The molecule has 0 radical (unpaired) electrons. The normalized spacial score (nSPS) is 20.5. The lowest BCUT2D eigenvalue weighted by Crippen LogP contribution is -2.58. The fourth-order valence-electron chi connectivity index (χ4n) is 6.31. The highest BCUT2D eigenvalue weighted by molar-refractivity contribution is 6.30. The SMILES string of the molecule is O=C(OC1(c2ccccc2)c2ccccc2CCN1C(=O)O)C(=O)OC1(c2ccccc2)c2ccccc2CCN1C(=O)O. The lowest BCUT2D eigenvalue weighted by Gasteiger charge is -2.47. The average Bonchev–Trinajstić information content (AvgIpc) is 3.05. The first-order valence-corrected chi connectivity index (χ1v) is 14.0. The van der Waals surface area contributed by atoms with Crippen LogP contribution in [-0.4, -0.2) is 57.2 Å². The summed E-state index contributed by atoms with van der Waals surface area (Å²) in [4.78, 5) is 55.1. The van der Waals surface area contributed by atoms with E-state index >= 15 is 0 Å². The van der Waals surface area contributed by atoms with Crippen molar-refractivity contribution in [1.29, 1.82) is 0 Å². The van der Waals surface area contributed by atoms with E-state index in [-0.39, 0.29) is 13.1 Å². The molecule has 0 saturated heterocycles. The molecule has 0 aromatic heterocycles. The molecule has 10 heteroatoms. The van der Waals surface area contributed by atoms with Gasteiger partial charge in [0.15, 0.2) is 0 Å². The van der Waals surface area contributed by atoms with Crippen LogP contribution in [0.4, 0.5) is 9.59 Å². The third-order valence-electron chi connectivity index (χ3n) is 8.17.